The number of aromatic nitrogens is 1. The average Bonchev–Trinajstić information content (AvgIpc) is 2.53. The molecule has 20 heavy (non-hydrogen) atoms. The fourth-order valence-electron chi connectivity index (χ4n) is 2.95. The van der Waals surface area contributed by atoms with Gasteiger partial charge in [0, 0.05) is 12.4 Å². The van der Waals surface area contributed by atoms with E-state index in [9.17, 15) is 0 Å². The van der Waals surface area contributed by atoms with Gasteiger partial charge in [-0.15, -0.1) is 0 Å². The minimum Gasteiger partial charge on any atom is -0.497 e. The Bertz CT molecular complexity index is 507. The maximum atomic E-state index is 5.24. The maximum Gasteiger partial charge on any atom is 0.118 e. The van der Waals surface area contributed by atoms with Gasteiger partial charge in [-0.25, -0.2) is 0 Å². The molecule has 0 aliphatic rings. The van der Waals surface area contributed by atoms with Crippen LogP contribution in [-0.4, -0.2) is 12.1 Å². The maximum absolute atomic E-state index is 5.24. The molecule has 2 aromatic rings. The van der Waals surface area contributed by atoms with E-state index in [0.29, 0.717) is 11.8 Å². The summed E-state index contributed by atoms with van der Waals surface area (Å²) in [6.45, 7) is 4.51. The van der Waals surface area contributed by atoms with Crippen molar-refractivity contribution in [2.45, 2.75) is 38.5 Å². The lowest BCUT2D eigenvalue weighted by molar-refractivity contribution is 0.414. The Kier molecular flexibility index (Phi) is 5.16. The van der Waals surface area contributed by atoms with Crippen molar-refractivity contribution in [3.63, 3.8) is 0 Å². The predicted octanol–water partition coefficient (Wildman–Crippen LogP) is 4.78. The Balaban J connectivity index is 2.29. The van der Waals surface area contributed by atoms with E-state index in [-0.39, 0.29) is 0 Å². The van der Waals surface area contributed by atoms with Crippen molar-refractivity contribution in [2.24, 2.45) is 0 Å². The van der Waals surface area contributed by atoms with E-state index in [1.54, 1.807) is 7.11 Å². The Labute approximate surface area is 121 Å². The Morgan fingerprint density at radius 3 is 2.10 bits per heavy atom. The lowest BCUT2D eigenvalue weighted by atomic mass is 9.79. The van der Waals surface area contributed by atoms with Crippen LogP contribution in [0, 0.1) is 0 Å². The summed E-state index contributed by atoms with van der Waals surface area (Å²) in [7, 11) is 1.71. The third-order valence-electron chi connectivity index (χ3n) is 4.02. The number of pyridine rings is 1. The molecule has 0 bridgehead atoms. The average molecular weight is 269 g/mol. The summed E-state index contributed by atoms with van der Waals surface area (Å²) in [6.07, 6.45) is 6.08. The van der Waals surface area contributed by atoms with Gasteiger partial charge in [0.2, 0.25) is 0 Å². The summed E-state index contributed by atoms with van der Waals surface area (Å²) in [6, 6.07) is 12.7. The second kappa shape index (κ2) is 7.09. The monoisotopic (exact) mass is 269 g/mol. The number of nitrogens with zero attached hydrogens (tertiary/aromatic N) is 1. The van der Waals surface area contributed by atoms with Crippen LogP contribution in [0.3, 0.4) is 0 Å². The number of ether oxygens (including phenoxy) is 1. The summed E-state index contributed by atoms with van der Waals surface area (Å²) in [4.78, 5) is 4.27. The molecular weight excluding hydrogens is 246 g/mol. The van der Waals surface area contributed by atoms with E-state index >= 15 is 0 Å². The zero-order valence-electron chi connectivity index (χ0n) is 12.5. The number of hydrogen-bond donors (Lipinski definition) is 0. The lowest BCUT2D eigenvalue weighted by Crippen LogP contribution is -2.10. The number of rotatable bonds is 6. The van der Waals surface area contributed by atoms with Crippen LogP contribution >= 0.6 is 0 Å². The molecule has 2 unspecified atom stereocenters. The van der Waals surface area contributed by atoms with Gasteiger partial charge in [-0.2, -0.15) is 0 Å². The number of benzene rings is 1. The van der Waals surface area contributed by atoms with Gasteiger partial charge in [0.05, 0.1) is 7.11 Å². The normalized spacial score (nSPS) is 13.8. The first-order chi connectivity index (χ1) is 9.80. The van der Waals surface area contributed by atoms with Gasteiger partial charge in [0.15, 0.2) is 0 Å². The van der Waals surface area contributed by atoms with E-state index < -0.39 is 0 Å². The smallest absolute Gasteiger partial charge is 0.118 e. The van der Waals surface area contributed by atoms with Crippen LogP contribution in [0.1, 0.15) is 49.7 Å². The molecule has 0 amide bonds. The first-order valence-electron chi connectivity index (χ1n) is 7.34. The fourth-order valence-corrected chi connectivity index (χ4v) is 2.95. The highest BCUT2D eigenvalue weighted by Gasteiger charge is 2.22. The third-order valence-corrected chi connectivity index (χ3v) is 4.02. The van der Waals surface area contributed by atoms with Gasteiger partial charge in [-0.3, -0.25) is 4.98 Å². The summed E-state index contributed by atoms with van der Waals surface area (Å²) in [5.74, 6) is 1.95. The SMILES string of the molecule is CCC(c1ccc(OC)cc1)C(CC)c1cccnc1. The Hall–Kier alpha value is -1.83. The molecular formula is C18H23NO. The zero-order valence-corrected chi connectivity index (χ0v) is 12.5. The van der Waals surface area contributed by atoms with Gasteiger partial charge in [0.1, 0.15) is 5.75 Å². The van der Waals surface area contributed by atoms with Crippen LogP contribution in [0.25, 0.3) is 0 Å². The molecule has 2 heteroatoms. The van der Waals surface area contributed by atoms with Crippen LogP contribution in [0.2, 0.25) is 0 Å². The minimum absolute atomic E-state index is 0.516. The van der Waals surface area contributed by atoms with Crippen molar-refractivity contribution in [3.8, 4) is 5.75 Å². The molecule has 0 aliphatic carbocycles. The molecule has 0 radical (unpaired) electrons. The van der Waals surface area contributed by atoms with E-state index in [0.717, 1.165) is 18.6 Å². The Morgan fingerprint density at radius 1 is 0.950 bits per heavy atom. The van der Waals surface area contributed by atoms with Crippen LogP contribution < -0.4 is 4.74 Å². The topological polar surface area (TPSA) is 22.1 Å². The standard InChI is InChI=1S/C18H23NO/c1-4-17(14-8-10-16(20-3)11-9-14)18(5-2)15-7-6-12-19-13-15/h6-13,17-18H,4-5H2,1-3H3. The van der Waals surface area contributed by atoms with Gasteiger partial charge >= 0.3 is 0 Å². The molecule has 0 fully saturated rings. The van der Waals surface area contributed by atoms with Crippen LogP contribution in [-0.2, 0) is 0 Å². The minimum atomic E-state index is 0.516. The first kappa shape index (κ1) is 14.6. The summed E-state index contributed by atoms with van der Waals surface area (Å²) in [5.41, 5.74) is 2.71. The summed E-state index contributed by atoms with van der Waals surface area (Å²) >= 11 is 0. The lowest BCUT2D eigenvalue weighted by Gasteiger charge is -2.26. The third kappa shape index (κ3) is 3.19. The molecule has 0 aliphatic heterocycles. The number of hydrogen-bond acceptors (Lipinski definition) is 2. The highest BCUT2D eigenvalue weighted by Crippen LogP contribution is 2.37. The van der Waals surface area contributed by atoms with E-state index in [4.69, 9.17) is 4.74 Å². The van der Waals surface area contributed by atoms with Crippen molar-refractivity contribution >= 4 is 0 Å². The Morgan fingerprint density at radius 2 is 1.60 bits per heavy atom. The van der Waals surface area contributed by atoms with Crippen molar-refractivity contribution in [1.29, 1.82) is 0 Å². The predicted molar refractivity (Wildman–Crippen MR) is 83.3 cm³/mol. The first-order valence-corrected chi connectivity index (χ1v) is 7.34. The second-order valence-corrected chi connectivity index (χ2v) is 5.09. The molecule has 1 heterocycles. The zero-order chi connectivity index (χ0) is 14.4. The van der Waals surface area contributed by atoms with Gasteiger partial charge < -0.3 is 4.74 Å². The van der Waals surface area contributed by atoms with Crippen LogP contribution in [0.5, 0.6) is 5.75 Å². The molecule has 0 saturated carbocycles. The molecule has 0 saturated heterocycles. The van der Waals surface area contributed by atoms with Crippen molar-refractivity contribution in [2.75, 3.05) is 7.11 Å². The van der Waals surface area contributed by atoms with Gasteiger partial charge in [0.25, 0.3) is 0 Å². The van der Waals surface area contributed by atoms with E-state index in [2.05, 4.69) is 37.0 Å². The molecule has 1 aromatic carbocycles. The van der Waals surface area contributed by atoms with Crippen LogP contribution in [0.15, 0.2) is 48.8 Å². The molecule has 0 N–H and O–H groups in total. The largest absolute Gasteiger partial charge is 0.497 e. The molecule has 1 aromatic heterocycles. The molecule has 2 atom stereocenters. The number of methoxy groups -OCH3 is 1. The molecule has 0 spiro atoms. The fraction of sp³-hybridized carbons (Fsp3) is 0.389. The van der Waals surface area contributed by atoms with Gasteiger partial charge in [-0.1, -0.05) is 32.0 Å². The molecule has 2 rings (SSSR count). The van der Waals surface area contributed by atoms with Crippen molar-refractivity contribution < 1.29 is 4.74 Å². The quantitative estimate of drug-likeness (QED) is 0.753. The highest BCUT2D eigenvalue weighted by molar-refractivity contribution is 5.32. The van der Waals surface area contributed by atoms with Gasteiger partial charge in [-0.05, 0) is 54.0 Å². The summed E-state index contributed by atoms with van der Waals surface area (Å²) < 4.78 is 5.24. The second-order valence-electron chi connectivity index (χ2n) is 5.09. The van der Waals surface area contributed by atoms with Crippen LogP contribution in [0.4, 0.5) is 0 Å². The molecule has 106 valence electrons. The van der Waals surface area contributed by atoms with Crippen molar-refractivity contribution in [3.05, 3.63) is 59.9 Å². The van der Waals surface area contributed by atoms with E-state index in [1.165, 1.54) is 11.1 Å². The highest BCUT2D eigenvalue weighted by atomic mass is 16.5. The summed E-state index contributed by atoms with van der Waals surface area (Å²) in [5, 5.41) is 0. The van der Waals surface area contributed by atoms with Crippen molar-refractivity contribution in [1.82, 2.24) is 4.98 Å². The molecule has 2 nitrogen and oxygen atoms in total. The van der Waals surface area contributed by atoms with E-state index in [1.807, 2.05) is 30.6 Å².